The second-order valence-electron chi connectivity index (χ2n) is 5.00. The highest BCUT2D eigenvalue weighted by Gasteiger charge is 2.22. The van der Waals surface area contributed by atoms with Crippen LogP contribution in [0.15, 0.2) is 30.3 Å². The third kappa shape index (κ3) is 2.70. The number of carbonyl (C=O) groups is 1. The molecule has 1 unspecified atom stereocenters. The van der Waals surface area contributed by atoms with Gasteiger partial charge in [0.25, 0.3) is 5.91 Å². The summed E-state index contributed by atoms with van der Waals surface area (Å²) >= 11 is 1.51. The van der Waals surface area contributed by atoms with Gasteiger partial charge in [0.1, 0.15) is 5.75 Å². The highest BCUT2D eigenvalue weighted by Crippen LogP contribution is 2.29. The van der Waals surface area contributed by atoms with Crippen LogP contribution in [0.1, 0.15) is 38.6 Å². The molecule has 1 atom stereocenters. The van der Waals surface area contributed by atoms with Crippen LogP contribution in [0.4, 0.5) is 0 Å². The molecule has 1 heterocycles. The van der Waals surface area contributed by atoms with Crippen LogP contribution in [-0.4, -0.2) is 23.0 Å². The first-order chi connectivity index (χ1) is 9.41. The van der Waals surface area contributed by atoms with Gasteiger partial charge >= 0.3 is 0 Å². The lowest BCUT2D eigenvalue weighted by Gasteiger charge is -2.25. The lowest BCUT2D eigenvalue weighted by Crippen LogP contribution is -2.29. The zero-order valence-electron chi connectivity index (χ0n) is 12.2. The molecule has 4 heteroatoms. The van der Waals surface area contributed by atoms with Gasteiger partial charge in [0, 0.05) is 17.5 Å². The van der Waals surface area contributed by atoms with Gasteiger partial charge in [-0.25, -0.2) is 0 Å². The highest BCUT2D eigenvalue weighted by atomic mass is 32.1. The number of thiophene rings is 1. The summed E-state index contributed by atoms with van der Waals surface area (Å²) in [7, 11) is 1.77. The molecule has 0 fully saturated rings. The maximum atomic E-state index is 12.5. The summed E-state index contributed by atoms with van der Waals surface area (Å²) in [5, 5.41) is 9.90. The standard InChI is InChI=1S/C16H19NO2S/c1-10-9-15(20-12(10)3)16(19)17(4)11(2)13-7-5-6-8-14(13)18/h5-9,11,18H,1-4H3. The molecule has 0 spiro atoms. The van der Waals surface area contributed by atoms with Crippen molar-refractivity contribution in [2.45, 2.75) is 26.8 Å². The number of benzene rings is 1. The third-order valence-electron chi connectivity index (χ3n) is 3.66. The fourth-order valence-electron chi connectivity index (χ4n) is 2.08. The molecule has 3 nitrogen and oxygen atoms in total. The molecule has 0 aliphatic heterocycles. The summed E-state index contributed by atoms with van der Waals surface area (Å²) < 4.78 is 0. The van der Waals surface area contributed by atoms with E-state index in [9.17, 15) is 9.90 Å². The van der Waals surface area contributed by atoms with E-state index >= 15 is 0 Å². The normalized spacial score (nSPS) is 12.2. The number of hydrogen-bond acceptors (Lipinski definition) is 3. The SMILES string of the molecule is Cc1cc(C(=O)N(C)C(C)c2ccccc2O)sc1C. The van der Waals surface area contributed by atoms with E-state index in [4.69, 9.17) is 0 Å². The number of para-hydroxylation sites is 1. The van der Waals surface area contributed by atoms with Gasteiger partial charge in [-0.3, -0.25) is 4.79 Å². The van der Waals surface area contributed by atoms with E-state index in [1.165, 1.54) is 11.3 Å². The second kappa shape index (κ2) is 5.67. The van der Waals surface area contributed by atoms with Crippen LogP contribution in [-0.2, 0) is 0 Å². The molecule has 0 aliphatic carbocycles. The van der Waals surface area contributed by atoms with Crippen molar-refractivity contribution in [3.63, 3.8) is 0 Å². The number of phenols is 1. The number of aryl methyl sites for hydroxylation is 2. The van der Waals surface area contributed by atoms with Crippen molar-refractivity contribution < 1.29 is 9.90 Å². The van der Waals surface area contributed by atoms with Gasteiger partial charge in [-0.15, -0.1) is 11.3 Å². The number of phenolic OH excluding ortho intramolecular Hbond substituents is 1. The molecule has 1 aromatic carbocycles. The van der Waals surface area contributed by atoms with Gasteiger partial charge in [0.05, 0.1) is 10.9 Å². The molecule has 0 bridgehead atoms. The maximum absolute atomic E-state index is 12.5. The molecule has 1 aromatic heterocycles. The Labute approximate surface area is 123 Å². The average Bonchev–Trinajstić information content (AvgIpc) is 2.77. The van der Waals surface area contributed by atoms with E-state index in [0.717, 1.165) is 20.9 Å². The summed E-state index contributed by atoms with van der Waals surface area (Å²) in [5.74, 6) is 0.208. The van der Waals surface area contributed by atoms with Crippen LogP contribution < -0.4 is 0 Å². The summed E-state index contributed by atoms with van der Waals surface area (Å²) in [5.41, 5.74) is 1.90. The fourth-order valence-corrected chi connectivity index (χ4v) is 3.09. The van der Waals surface area contributed by atoms with Crippen LogP contribution in [0.25, 0.3) is 0 Å². The molecule has 2 rings (SSSR count). The predicted molar refractivity (Wildman–Crippen MR) is 82.4 cm³/mol. The quantitative estimate of drug-likeness (QED) is 0.931. The van der Waals surface area contributed by atoms with Crippen molar-refractivity contribution in [2.24, 2.45) is 0 Å². The lowest BCUT2D eigenvalue weighted by atomic mass is 10.1. The molecule has 106 valence electrons. The first-order valence-corrected chi connectivity index (χ1v) is 7.35. The Morgan fingerprint density at radius 3 is 2.50 bits per heavy atom. The van der Waals surface area contributed by atoms with Crippen molar-refractivity contribution in [3.05, 3.63) is 51.2 Å². The topological polar surface area (TPSA) is 40.5 Å². The molecule has 0 saturated heterocycles. The smallest absolute Gasteiger partial charge is 0.264 e. The van der Waals surface area contributed by atoms with Crippen LogP contribution in [0.5, 0.6) is 5.75 Å². The highest BCUT2D eigenvalue weighted by molar-refractivity contribution is 7.14. The van der Waals surface area contributed by atoms with Crippen LogP contribution in [0.2, 0.25) is 0 Å². The van der Waals surface area contributed by atoms with E-state index in [0.29, 0.717) is 0 Å². The zero-order valence-corrected chi connectivity index (χ0v) is 13.0. The van der Waals surface area contributed by atoms with Gasteiger partial charge in [0.2, 0.25) is 0 Å². The summed E-state index contributed by atoms with van der Waals surface area (Å²) in [4.78, 5) is 16.1. The first kappa shape index (κ1) is 14.6. The first-order valence-electron chi connectivity index (χ1n) is 6.54. The molecule has 2 aromatic rings. The number of nitrogens with zero attached hydrogens (tertiary/aromatic N) is 1. The Morgan fingerprint density at radius 2 is 1.95 bits per heavy atom. The molecule has 0 saturated carbocycles. The second-order valence-corrected chi connectivity index (χ2v) is 6.26. The molecule has 0 radical (unpaired) electrons. The lowest BCUT2D eigenvalue weighted by molar-refractivity contribution is 0.0746. The number of carbonyl (C=O) groups excluding carboxylic acids is 1. The number of aromatic hydroxyl groups is 1. The third-order valence-corrected chi connectivity index (χ3v) is 4.81. The van der Waals surface area contributed by atoms with E-state index < -0.39 is 0 Å². The molecule has 1 amide bonds. The largest absolute Gasteiger partial charge is 0.508 e. The van der Waals surface area contributed by atoms with E-state index in [2.05, 4.69) is 0 Å². The average molecular weight is 289 g/mol. The molecular weight excluding hydrogens is 270 g/mol. The van der Waals surface area contributed by atoms with Crippen molar-refractivity contribution in [3.8, 4) is 5.75 Å². The Bertz CT molecular complexity index is 614. The van der Waals surface area contributed by atoms with Crippen molar-refractivity contribution >= 4 is 17.2 Å². The minimum atomic E-state index is -0.175. The number of amides is 1. The van der Waals surface area contributed by atoms with Gasteiger partial charge in [-0.05, 0) is 38.5 Å². The molecule has 1 N–H and O–H groups in total. The Balaban J connectivity index is 2.24. The maximum Gasteiger partial charge on any atom is 0.264 e. The fraction of sp³-hybridized carbons (Fsp3) is 0.312. The Hall–Kier alpha value is -1.81. The number of hydrogen-bond donors (Lipinski definition) is 1. The number of rotatable bonds is 3. The van der Waals surface area contributed by atoms with Crippen LogP contribution >= 0.6 is 11.3 Å². The molecule has 0 aliphatic rings. The summed E-state index contributed by atoms with van der Waals surface area (Å²) in [6, 6.07) is 8.88. The predicted octanol–water partition coefficient (Wildman–Crippen LogP) is 3.90. The van der Waals surface area contributed by atoms with Crippen molar-refractivity contribution in [1.29, 1.82) is 0 Å². The summed E-state index contributed by atoms with van der Waals surface area (Å²) in [6.07, 6.45) is 0. The van der Waals surface area contributed by atoms with Gasteiger partial charge < -0.3 is 10.0 Å². The minimum absolute atomic E-state index is 0.0121. The molecule has 20 heavy (non-hydrogen) atoms. The molecular formula is C16H19NO2S. The van der Waals surface area contributed by atoms with Gasteiger partial charge in [-0.1, -0.05) is 18.2 Å². The van der Waals surface area contributed by atoms with Gasteiger partial charge in [0.15, 0.2) is 0 Å². The minimum Gasteiger partial charge on any atom is -0.508 e. The van der Waals surface area contributed by atoms with Crippen LogP contribution in [0.3, 0.4) is 0 Å². The van der Waals surface area contributed by atoms with E-state index in [-0.39, 0.29) is 17.7 Å². The summed E-state index contributed by atoms with van der Waals surface area (Å²) in [6.45, 7) is 5.94. The van der Waals surface area contributed by atoms with Crippen molar-refractivity contribution in [2.75, 3.05) is 7.05 Å². The van der Waals surface area contributed by atoms with Crippen LogP contribution in [0, 0.1) is 13.8 Å². The monoisotopic (exact) mass is 289 g/mol. The van der Waals surface area contributed by atoms with E-state index in [1.807, 2.05) is 39.0 Å². The van der Waals surface area contributed by atoms with Crippen molar-refractivity contribution in [1.82, 2.24) is 4.90 Å². The van der Waals surface area contributed by atoms with E-state index in [1.54, 1.807) is 24.1 Å². The Kier molecular flexibility index (Phi) is 4.14. The Morgan fingerprint density at radius 1 is 1.30 bits per heavy atom. The van der Waals surface area contributed by atoms with Gasteiger partial charge in [-0.2, -0.15) is 0 Å². The zero-order chi connectivity index (χ0) is 14.9.